The van der Waals surface area contributed by atoms with Crippen molar-refractivity contribution in [3.63, 3.8) is 0 Å². The average Bonchev–Trinajstić information content (AvgIpc) is 2.46. The molecule has 3 heteroatoms. The van der Waals surface area contributed by atoms with E-state index in [1.54, 1.807) is 11.3 Å². The zero-order valence-corrected chi connectivity index (χ0v) is 10.2. The summed E-state index contributed by atoms with van der Waals surface area (Å²) in [5.74, 6) is 0.923. The average molecular weight is 258 g/mol. The van der Waals surface area contributed by atoms with Gasteiger partial charge in [0.05, 0.1) is 6.07 Å². The van der Waals surface area contributed by atoms with E-state index in [-0.39, 0.29) is 0 Å². The van der Waals surface area contributed by atoms with E-state index < -0.39 is 0 Å². The Morgan fingerprint density at radius 2 is 2.31 bits per heavy atom. The first-order valence-electron chi connectivity index (χ1n) is 4.26. The number of nitriles is 1. The fourth-order valence-electron chi connectivity index (χ4n) is 1.29. The maximum atomic E-state index is 8.70. The molecule has 0 amide bonds. The van der Waals surface area contributed by atoms with Gasteiger partial charge >= 0.3 is 0 Å². The third-order valence-electron chi connectivity index (χ3n) is 2.07. The summed E-state index contributed by atoms with van der Waals surface area (Å²) in [6.07, 6.45) is 0.616. The van der Waals surface area contributed by atoms with Crippen LogP contribution in [0.25, 0.3) is 0 Å². The van der Waals surface area contributed by atoms with Crippen LogP contribution >= 0.6 is 27.3 Å². The summed E-state index contributed by atoms with van der Waals surface area (Å²) >= 11 is 5.16. The Balaban J connectivity index is 2.83. The minimum Gasteiger partial charge on any atom is -0.198 e. The lowest BCUT2D eigenvalue weighted by Crippen LogP contribution is -2.03. The van der Waals surface area contributed by atoms with E-state index in [0.717, 1.165) is 4.47 Å². The van der Waals surface area contributed by atoms with Gasteiger partial charge in [0.15, 0.2) is 0 Å². The number of rotatable bonds is 3. The van der Waals surface area contributed by atoms with Crippen LogP contribution in [0.1, 0.15) is 31.1 Å². The van der Waals surface area contributed by atoms with Gasteiger partial charge in [-0.1, -0.05) is 13.8 Å². The van der Waals surface area contributed by atoms with Crippen LogP contribution in [0.4, 0.5) is 0 Å². The maximum Gasteiger partial charge on any atom is 0.0628 e. The van der Waals surface area contributed by atoms with Gasteiger partial charge in [0.25, 0.3) is 0 Å². The molecule has 1 atom stereocenters. The van der Waals surface area contributed by atoms with E-state index in [4.69, 9.17) is 5.26 Å². The van der Waals surface area contributed by atoms with E-state index >= 15 is 0 Å². The molecule has 0 aliphatic carbocycles. The molecule has 70 valence electrons. The van der Waals surface area contributed by atoms with E-state index in [9.17, 15) is 0 Å². The molecule has 0 spiro atoms. The standard InChI is InChI=1S/C10H12BrNS/c1-7(2)9(3-4-12)10-5-8(11)6-13-10/h5-7,9H,3H2,1-2H3. The predicted molar refractivity (Wildman–Crippen MR) is 59.8 cm³/mol. The number of halogens is 1. The summed E-state index contributed by atoms with van der Waals surface area (Å²) in [5.41, 5.74) is 0. The zero-order chi connectivity index (χ0) is 9.84. The first kappa shape index (κ1) is 10.7. The summed E-state index contributed by atoms with van der Waals surface area (Å²) in [7, 11) is 0. The molecule has 1 aromatic heterocycles. The minimum absolute atomic E-state index is 0.390. The van der Waals surface area contributed by atoms with Crippen LogP contribution in [0.2, 0.25) is 0 Å². The molecular weight excluding hydrogens is 246 g/mol. The van der Waals surface area contributed by atoms with Crippen molar-refractivity contribution in [2.75, 3.05) is 0 Å². The molecule has 1 unspecified atom stereocenters. The van der Waals surface area contributed by atoms with E-state index in [0.29, 0.717) is 18.3 Å². The molecule has 0 radical (unpaired) electrons. The van der Waals surface area contributed by atoms with Crippen LogP contribution in [0.3, 0.4) is 0 Å². The lowest BCUT2D eigenvalue weighted by molar-refractivity contribution is 0.513. The second-order valence-electron chi connectivity index (χ2n) is 3.38. The fraction of sp³-hybridized carbons (Fsp3) is 0.500. The number of thiophene rings is 1. The van der Waals surface area contributed by atoms with E-state index in [2.05, 4.69) is 47.3 Å². The minimum atomic E-state index is 0.390. The Morgan fingerprint density at radius 1 is 1.62 bits per heavy atom. The fourth-order valence-corrected chi connectivity index (χ4v) is 3.01. The highest BCUT2D eigenvalue weighted by molar-refractivity contribution is 9.10. The van der Waals surface area contributed by atoms with Crippen LogP contribution in [0.15, 0.2) is 15.9 Å². The van der Waals surface area contributed by atoms with Crippen molar-refractivity contribution in [3.8, 4) is 6.07 Å². The van der Waals surface area contributed by atoms with Gasteiger partial charge in [0, 0.05) is 27.1 Å². The Hall–Kier alpha value is -0.330. The van der Waals surface area contributed by atoms with Gasteiger partial charge in [0.2, 0.25) is 0 Å². The lowest BCUT2D eigenvalue weighted by atomic mass is 9.92. The van der Waals surface area contributed by atoms with Crippen molar-refractivity contribution in [1.82, 2.24) is 0 Å². The van der Waals surface area contributed by atoms with Gasteiger partial charge in [0.1, 0.15) is 0 Å². The molecule has 1 nitrogen and oxygen atoms in total. The third kappa shape index (κ3) is 2.82. The van der Waals surface area contributed by atoms with Gasteiger partial charge in [-0.3, -0.25) is 0 Å². The zero-order valence-electron chi connectivity index (χ0n) is 7.75. The summed E-state index contributed by atoms with van der Waals surface area (Å²) < 4.78 is 1.12. The second-order valence-corrected chi connectivity index (χ2v) is 5.24. The monoisotopic (exact) mass is 257 g/mol. The summed E-state index contributed by atoms with van der Waals surface area (Å²) in [4.78, 5) is 1.31. The molecule has 1 heterocycles. The number of nitrogens with zero attached hydrogens (tertiary/aromatic N) is 1. The van der Waals surface area contributed by atoms with Gasteiger partial charge in [-0.2, -0.15) is 5.26 Å². The maximum absolute atomic E-state index is 8.70. The summed E-state index contributed by atoms with van der Waals surface area (Å²) in [5, 5.41) is 10.8. The molecule has 0 saturated heterocycles. The molecule has 0 aromatic carbocycles. The predicted octanol–water partition coefficient (Wildman–Crippen LogP) is 4.16. The quantitative estimate of drug-likeness (QED) is 0.798. The SMILES string of the molecule is CC(C)C(CC#N)c1cc(Br)cs1. The van der Waals surface area contributed by atoms with Crippen LogP contribution in [-0.2, 0) is 0 Å². The molecule has 0 aliphatic heterocycles. The molecule has 0 aliphatic rings. The van der Waals surface area contributed by atoms with Crippen molar-refractivity contribution in [1.29, 1.82) is 5.26 Å². The molecule has 0 saturated carbocycles. The molecule has 0 N–H and O–H groups in total. The van der Waals surface area contributed by atoms with Gasteiger partial charge in [-0.05, 0) is 27.9 Å². The normalized spacial score (nSPS) is 12.8. The third-order valence-corrected chi connectivity index (χ3v) is 3.89. The molecule has 1 rings (SSSR count). The molecular formula is C10H12BrNS. The van der Waals surface area contributed by atoms with E-state index in [1.807, 2.05) is 0 Å². The highest BCUT2D eigenvalue weighted by Gasteiger charge is 2.16. The summed E-state index contributed by atoms with van der Waals surface area (Å²) in [6, 6.07) is 4.37. The van der Waals surface area contributed by atoms with Crippen molar-refractivity contribution in [2.45, 2.75) is 26.2 Å². The van der Waals surface area contributed by atoms with Gasteiger partial charge in [-0.25, -0.2) is 0 Å². The molecule has 1 aromatic rings. The van der Waals surface area contributed by atoms with Crippen LogP contribution in [0, 0.1) is 17.2 Å². The molecule has 13 heavy (non-hydrogen) atoms. The number of hydrogen-bond acceptors (Lipinski definition) is 2. The van der Waals surface area contributed by atoms with Crippen molar-refractivity contribution in [2.24, 2.45) is 5.92 Å². The topological polar surface area (TPSA) is 23.8 Å². The smallest absolute Gasteiger partial charge is 0.0628 e. The summed E-state index contributed by atoms with van der Waals surface area (Å²) in [6.45, 7) is 4.32. The second kappa shape index (κ2) is 4.78. The Morgan fingerprint density at radius 3 is 2.69 bits per heavy atom. The Bertz CT molecular complexity index is 311. The first-order valence-corrected chi connectivity index (χ1v) is 5.93. The number of hydrogen-bond donors (Lipinski definition) is 0. The van der Waals surface area contributed by atoms with Crippen LogP contribution in [-0.4, -0.2) is 0 Å². The van der Waals surface area contributed by atoms with Crippen LogP contribution in [0.5, 0.6) is 0 Å². The highest BCUT2D eigenvalue weighted by atomic mass is 79.9. The van der Waals surface area contributed by atoms with Crippen molar-refractivity contribution in [3.05, 3.63) is 20.8 Å². The largest absolute Gasteiger partial charge is 0.198 e. The Kier molecular flexibility index (Phi) is 3.95. The van der Waals surface area contributed by atoms with Crippen molar-refractivity contribution < 1.29 is 0 Å². The van der Waals surface area contributed by atoms with Gasteiger partial charge < -0.3 is 0 Å². The lowest BCUT2D eigenvalue weighted by Gasteiger charge is -2.15. The first-order chi connectivity index (χ1) is 6.15. The van der Waals surface area contributed by atoms with Gasteiger partial charge in [-0.15, -0.1) is 11.3 Å². The molecule has 0 fully saturated rings. The van der Waals surface area contributed by atoms with Crippen LogP contribution < -0.4 is 0 Å². The Labute approximate surface area is 91.5 Å². The molecule has 0 bridgehead atoms. The highest BCUT2D eigenvalue weighted by Crippen LogP contribution is 2.33. The van der Waals surface area contributed by atoms with Crippen molar-refractivity contribution >= 4 is 27.3 Å². The van der Waals surface area contributed by atoms with E-state index in [1.165, 1.54) is 4.88 Å².